The van der Waals surface area contributed by atoms with Crippen LogP contribution in [0.2, 0.25) is 5.02 Å². The second-order valence-electron chi connectivity index (χ2n) is 8.59. The predicted octanol–water partition coefficient (Wildman–Crippen LogP) is 3.02. The number of amides is 1. The molecule has 2 atom stereocenters. The van der Waals surface area contributed by atoms with Crippen LogP contribution in [0, 0.1) is 18.8 Å². The fraction of sp³-hybridized carbons (Fsp3) is 0.571. The van der Waals surface area contributed by atoms with Gasteiger partial charge in [0.15, 0.2) is 5.82 Å². The number of piperidine rings is 1. The second-order valence-corrected chi connectivity index (χ2v) is 9.02. The van der Waals surface area contributed by atoms with Gasteiger partial charge in [0.05, 0.1) is 5.41 Å². The summed E-state index contributed by atoms with van der Waals surface area (Å²) in [5.41, 5.74) is 1.07. The van der Waals surface area contributed by atoms with Crippen LogP contribution in [0.3, 0.4) is 0 Å². The minimum Gasteiger partial charge on any atom is -0.341 e. The van der Waals surface area contributed by atoms with Crippen LogP contribution in [0.4, 0.5) is 0 Å². The molecule has 1 N–H and O–H groups in total. The van der Waals surface area contributed by atoms with Crippen molar-refractivity contribution in [2.75, 3.05) is 26.2 Å². The zero-order chi connectivity index (χ0) is 19.9. The highest BCUT2D eigenvalue weighted by Crippen LogP contribution is 2.44. The van der Waals surface area contributed by atoms with Gasteiger partial charge in [-0.1, -0.05) is 37.6 Å². The van der Waals surface area contributed by atoms with Gasteiger partial charge >= 0.3 is 0 Å². The molecule has 0 saturated carbocycles. The number of likely N-dealkylation sites (tertiary alicyclic amines) is 2. The summed E-state index contributed by atoms with van der Waals surface area (Å²) in [6.45, 7) is 10.1. The zero-order valence-electron chi connectivity index (χ0n) is 16.8. The molecule has 1 aromatic carbocycles. The molecule has 0 spiro atoms. The number of aromatic amines is 1. The van der Waals surface area contributed by atoms with Gasteiger partial charge in [0.1, 0.15) is 5.82 Å². The monoisotopic (exact) mass is 401 g/mol. The van der Waals surface area contributed by atoms with Crippen LogP contribution < -0.4 is 0 Å². The van der Waals surface area contributed by atoms with E-state index in [0.717, 1.165) is 55.8 Å². The third-order valence-corrected chi connectivity index (χ3v) is 6.43. The molecule has 7 heteroatoms. The number of rotatable bonds is 4. The average Bonchev–Trinajstić information content (AvgIpc) is 3.25. The van der Waals surface area contributed by atoms with Crippen molar-refractivity contribution in [2.45, 2.75) is 39.2 Å². The van der Waals surface area contributed by atoms with E-state index in [1.165, 1.54) is 5.56 Å². The highest BCUT2D eigenvalue weighted by molar-refractivity contribution is 6.30. The van der Waals surface area contributed by atoms with Gasteiger partial charge in [-0.15, -0.1) is 0 Å². The normalized spacial score (nSPS) is 25.3. The van der Waals surface area contributed by atoms with E-state index in [-0.39, 0.29) is 17.2 Å². The number of nitrogens with zero attached hydrogens (tertiary/aromatic N) is 4. The Labute approximate surface area is 171 Å². The van der Waals surface area contributed by atoms with Crippen molar-refractivity contribution < 1.29 is 4.79 Å². The molecule has 2 aromatic rings. The van der Waals surface area contributed by atoms with Gasteiger partial charge in [-0.3, -0.25) is 14.8 Å². The zero-order valence-corrected chi connectivity index (χ0v) is 17.5. The number of halogens is 1. The first-order valence-electron chi connectivity index (χ1n) is 10.0. The number of aromatic nitrogens is 3. The highest BCUT2D eigenvalue weighted by atomic mass is 35.5. The fourth-order valence-electron chi connectivity index (χ4n) is 4.75. The Balaban J connectivity index is 1.57. The summed E-state index contributed by atoms with van der Waals surface area (Å²) < 4.78 is 0. The number of hydrogen-bond donors (Lipinski definition) is 1. The summed E-state index contributed by atoms with van der Waals surface area (Å²) >= 11 is 6.16. The number of carbonyl (C=O) groups excluding carboxylic acids is 1. The Morgan fingerprint density at radius 2 is 2.21 bits per heavy atom. The first kappa shape index (κ1) is 19.4. The standard InChI is InChI=1S/C21H28ClN5O/c1-14(2)19(28)27-12-17-11-26(10-16-5-4-6-18(22)9-16)8-7-21(17,13-27)20-23-15(3)24-25-20/h4-6,9,14,17H,7-8,10-13H2,1-3H3,(H,23,24,25)/t17-,21-/m1/s1. The molecule has 0 radical (unpaired) electrons. The van der Waals surface area contributed by atoms with Crippen molar-refractivity contribution in [1.82, 2.24) is 25.0 Å². The summed E-state index contributed by atoms with van der Waals surface area (Å²) in [6.07, 6.45) is 0.956. The van der Waals surface area contributed by atoms with E-state index < -0.39 is 0 Å². The molecule has 4 rings (SSSR count). The lowest BCUT2D eigenvalue weighted by Gasteiger charge is -2.41. The molecule has 3 heterocycles. The SMILES string of the molecule is Cc1nc([C@@]23CCN(Cc4cccc(Cl)c4)C[C@@H]2CN(C(=O)C(C)C)C3)n[nH]1. The molecular formula is C21H28ClN5O. The first-order chi connectivity index (χ1) is 13.4. The van der Waals surface area contributed by atoms with Crippen molar-refractivity contribution in [3.63, 3.8) is 0 Å². The molecule has 28 heavy (non-hydrogen) atoms. The maximum absolute atomic E-state index is 12.7. The molecule has 1 aromatic heterocycles. The molecule has 0 unspecified atom stereocenters. The van der Waals surface area contributed by atoms with Gasteiger partial charge in [-0.2, -0.15) is 5.10 Å². The summed E-state index contributed by atoms with van der Waals surface area (Å²) in [4.78, 5) is 21.9. The minimum atomic E-state index is -0.153. The van der Waals surface area contributed by atoms with Gasteiger partial charge in [0, 0.05) is 43.0 Å². The average molecular weight is 402 g/mol. The number of nitrogens with one attached hydrogen (secondary N) is 1. The number of aryl methyl sites for hydroxylation is 1. The number of fused-ring (bicyclic) bond motifs is 1. The highest BCUT2D eigenvalue weighted by Gasteiger charge is 2.54. The number of benzene rings is 1. The molecule has 0 bridgehead atoms. The van der Waals surface area contributed by atoms with Crippen LogP contribution in [0.5, 0.6) is 0 Å². The van der Waals surface area contributed by atoms with E-state index in [1.54, 1.807) is 0 Å². The quantitative estimate of drug-likeness (QED) is 0.855. The fourth-order valence-corrected chi connectivity index (χ4v) is 4.96. The Hall–Kier alpha value is -1.92. The number of H-pyrrole nitrogens is 1. The smallest absolute Gasteiger partial charge is 0.225 e. The molecule has 2 aliphatic heterocycles. The topological polar surface area (TPSA) is 65.1 Å². The molecule has 2 saturated heterocycles. The Kier molecular flexibility index (Phi) is 5.19. The van der Waals surface area contributed by atoms with Crippen molar-refractivity contribution in [3.8, 4) is 0 Å². The third kappa shape index (κ3) is 3.55. The van der Waals surface area contributed by atoms with Crippen LogP contribution in [0.1, 0.15) is 37.5 Å². The van der Waals surface area contributed by atoms with Crippen LogP contribution in [-0.4, -0.2) is 57.1 Å². The summed E-state index contributed by atoms with van der Waals surface area (Å²) in [5.74, 6) is 2.27. The summed E-state index contributed by atoms with van der Waals surface area (Å²) in [7, 11) is 0. The lowest BCUT2D eigenvalue weighted by atomic mass is 9.72. The van der Waals surface area contributed by atoms with Crippen LogP contribution in [0.15, 0.2) is 24.3 Å². The molecule has 2 aliphatic rings. The number of hydrogen-bond acceptors (Lipinski definition) is 4. The van der Waals surface area contributed by atoms with E-state index >= 15 is 0 Å². The molecule has 2 fully saturated rings. The molecule has 6 nitrogen and oxygen atoms in total. The van der Waals surface area contributed by atoms with Gasteiger partial charge in [0.25, 0.3) is 0 Å². The third-order valence-electron chi connectivity index (χ3n) is 6.19. The molecular weight excluding hydrogens is 374 g/mol. The van der Waals surface area contributed by atoms with Gasteiger partial charge < -0.3 is 4.90 Å². The van der Waals surface area contributed by atoms with E-state index in [2.05, 4.69) is 26.1 Å². The maximum Gasteiger partial charge on any atom is 0.225 e. The maximum atomic E-state index is 12.7. The largest absolute Gasteiger partial charge is 0.341 e. The molecule has 1 amide bonds. The van der Waals surface area contributed by atoms with E-state index in [1.807, 2.05) is 43.9 Å². The lowest BCUT2D eigenvalue weighted by Crippen LogP contribution is -2.49. The number of carbonyl (C=O) groups is 1. The predicted molar refractivity (Wildman–Crippen MR) is 109 cm³/mol. The van der Waals surface area contributed by atoms with Crippen LogP contribution in [0.25, 0.3) is 0 Å². The Morgan fingerprint density at radius 3 is 2.89 bits per heavy atom. The van der Waals surface area contributed by atoms with E-state index in [9.17, 15) is 4.79 Å². The van der Waals surface area contributed by atoms with E-state index in [0.29, 0.717) is 5.92 Å². The van der Waals surface area contributed by atoms with Crippen molar-refractivity contribution in [2.24, 2.45) is 11.8 Å². The van der Waals surface area contributed by atoms with Crippen LogP contribution in [-0.2, 0) is 16.8 Å². The van der Waals surface area contributed by atoms with Crippen molar-refractivity contribution in [3.05, 3.63) is 46.5 Å². The summed E-state index contributed by atoms with van der Waals surface area (Å²) in [5, 5.41) is 8.30. The van der Waals surface area contributed by atoms with Gasteiger partial charge in [0.2, 0.25) is 5.91 Å². The summed E-state index contributed by atoms with van der Waals surface area (Å²) in [6, 6.07) is 8.06. The Bertz CT molecular complexity index is 866. The first-order valence-corrected chi connectivity index (χ1v) is 10.4. The van der Waals surface area contributed by atoms with Crippen molar-refractivity contribution in [1.29, 1.82) is 0 Å². The van der Waals surface area contributed by atoms with Crippen LogP contribution >= 0.6 is 11.6 Å². The Morgan fingerprint density at radius 1 is 1.39 bits per heavy atom. The van der Waals surface area contributed by atoms with Gasteiger partial charge in [-0.25, -0.2) is 4.98 Å². The second kappa shape index (κ2) is 7.48. The van der Waals surface area contributed by atoms with E-state index in [4.69, 9.17) is 11.6 Å². The van der Waals surface area contributed by atoms with Crippen molar-refractivity contribution >= 4 is 17.5 Å². The molecule has 150 valence electrons. The van der Waals surface area contributed by atoms with Gasteiger partial charge in [-0.05, 0) is 37.6 Å². The lowest BCUT2D eigenvalue weighted by molar-refractivity contribution is -0.133. The molecule has 0 aliphatic carbocycles. The minimum absolute atomic E-state index is 0.00801.